The molecule has 7 nitrogen and oxygen atoms in total. The highest BCUT2D eigenvalue weighted by Gasteiger charge is 2.34. The monoisotopic (exact) mass is 395 g/mol. The Balaban J connectivity index is 1.68. The van der Waals surface area contributed by atoms with E-state index in [9.17, 15) is 9.59 Å². The molecule has 4 rings (SSSR count). The lowest BCUT2D eigenvalue weighted by Crippen LogP contribution is -2.43. The number of amides is 2. The molecule has 1 atom stereocenters. The third-order valence-electron chi connectivity index (χ3n) is 5.70. The molecule has 29 heavy (non-hydrogen) atoms. The van der Waals surface area contributed by atoms with E-state index in [1.165, 1.54) is 0 Å². The number of hydrogen-bond donors (Lipinski definition) is 3. The van der Waals surface area contributed by atoms with Gasteiger partial charge in [0.2, 0.25) is 5.91 Å². The smallest absolute Gasteiger partial charge is 0.274 e. The van der Waals surface area contributed by atoms with Crippen molar-refractivity contribution in [2.75, 3.05) is 19.7 Å². The van der Waals surface area contributed by atoms with Gasteiger partial charge < -0.3 is 15.0 Å². The highest BCUT2D eigenvalue weighted by molar-refractivity contribution is 5.93. The van der Waals surface area contributed by atoms with E-state index >= 15 is 0 Å². The standard InChI is InChI=1S/C22H25N3O4/c26-21(24-28)17-6-7-18-13-25(22(27)16-8-10-23-11-9-16)19(14-29-20(18)12-17)15-4-2-1-3-5-15/h1-7,12,16,19,23,28H,8-11,13-14H2,(H,24,26)/t19-/m0/s1. The first kappa shape index (κ1) is 19.4. The lowest BCUT2D eigenvalue weighted by molar-refractivity contribution is -0.140. The van der Waals surface area contributed by atoms with Gasteiger partial charge in [0.1, 0.15) is 12.4 Å². The van der Waals surface area contributed by atoms with Crippen LogP contribution in [0.2, 0.25) is 0 Å². The Morgan fingerprint density at radius 1 is 1.10 bits per heavy atom. The van der Waals surface area contributed by atoms with Crippen molar-refractivity contribution in [1.82, 2.24) is 15.7 Å². The normalized spacial score (nSPS) is 19.6. The molecule has 7 heteroatoms. The molecule has 2 aliphatic rings. The summed E-state index contributed by atoms with van der Waals surface area (Å²) < 4.78 is 6.05. The first-order chi connectivity index (χ1) is 14.2. The number of benzene rings is 2. The molecule has 2 amide bonds. The van der Waals surface area contributed by atoms with E-state index < -0.39 is 5.91 Å². The summed E-state index contributed by atoms with van der Waals surface area (Å²) in [6, 6.07) is 14.7. The van der Waals surface area contributed by atoms with Crippen LogP contribution in [0.4, 0.5) is 0 Å². The van der Waals surface area contributed by atoms with Crippen molar-refractivity contribution in [1.29, 1.82) is 0 Å². The van der Waals surface area contributed by atoms with Crippen LogP contribution in [0.25, 0.3) is 0 Å². The minimum atomic E-state index is -0.595. The van der Waals surface area contributed by atoms with E-state index in [1.54, 1.807) is 23.7 Å². The van der Waals surface area contributed by atoms with E-state index in [0.29, 0.717) is 24.5 Å². The Morgan fingerprint density at radius 2 is 1.86 bits per heavy atom. The lowest BCUT2D eigenvalue weighted by atomic mass is 9.94. The number of carbonyl (C=O) groups is 2. The number of fused-ring (bicyclic) bond motifs is 1. The number of hydroxylamine groups is 1. The summed E-state index contributed by atoms with van der Waals surface area (Å²) in [5.74, 6) is 0.118. The quantitative estimate of drug-likeness (QED) is 0.548. The maximum atomic E-state index is 13.5. The zero-order valence-electron chi connectivity index (χ0n) is 16.1. The topological polar surface area (TPSA) is 90.9 Å². The van der Waals surface area contributed by atoms with Crippen LogP contribution in [0.15, 0.2) is 48.5 Å². The molecule has 0 spiro atoms. The second-order valence-electron chi connectivity index (χ2n) is 7.49. The summed E-state index contributed by atoms with van der Waals surface area (Å²) in [7, 11) is 0. The summed E-state index contributed by atoms with van der Waals surface area (Å²) in [6.45, 7) is 2.43. The van der Waals surface area contributed by atoms with Crippen molar-refractivity contribution in [3.8, 4) is 5.75 Å². The van der Waals surface area contributed by atoms with Crippen LogP contribution in [-0.4, -0.2) is 41.6 Å². The van der Waals surface area contributed by atoms with Crippen LogP contribution in [0.3, 0.4) is 0 Å². The lowest BCUT2D eigenvalue weighted by Gasteiger charge is -2.34. The number of rotatable bonds is 3. The molecule has 152 valence electrons. The Kier molecular flexibility index (Phi) is 5.78. The van der Waals surface area contributed by atoms with E-state index in [1.807, 2.05) is 35.2 Å². The molecule has 1 saturated heterocycles. The summed E-state index contributed by atoms with van der Waals surface area (Å²) in [5, 5.41) is 12.2. The number of piperidine rings is 1. The van der Waals surface area contributed by atoms with Gasteiger partial charge in [-0.2, -0.15) is 0 Å². The second kappa shape index (κ2) is 8.63. The fraction of sp³-hybridized carbons (Fsp3) is 0.364. The largest absolute Gasteiger partial charge is 0.491 e. The van der Waals surface area contributed by atoms with Crippen LogP contribution >= 0.6 is 0 Å². The van der Waals surface area contributed by atoms with Gasteiger partial charge in [-0.15, -0.1) is 0 Å². The zero-order chi connectivity index (χ0) is 20.2. The molecule has 2 aromatic carbocycles. The average Bonchev–Trinajstić information content (AvgIpc) is 2.98. The minimum Gasteiger partial charge on any atom is -0.491 e. The molecule has 2 aliphatic heterocycles. The van der Waals surface area contributed by atoms with Gasteiger partial charge >= 0.3 is 0 Å². The molecule has 2 heterocycles. The predicted molar refractivity (Wildman–Crippen MR) is 107 cm³/mol. The summed E-state index contributed by atoms with van der Waals surface area (Å²) in [5.41, 5.74) is 3.82. The molecule has 0 radical (unpaired) electrons. The van der Waals surface area contributed by atoms with E-state index in [4.69, 9.17) is 9.94 Å². The average molecular weight is 395 g/mol. The molecule has 0 aliphatic carbocycles. The highest BCUT2D eigenvalue weighted by atomic mass is 16.5. The van der Waals surface area contributed by atoms with Gasteiger partial charge in [-0.05, 0) is 43.6 Å². The number of carbonyl (C=O) groups excluding carboxylic acids is 2. The summed E-state index contributed by atoms with van der Waals surface area (Å²) in [4.78, 5) is 27.1. The van der Waals surface area contributed by atoms with Crippen LogP contribution in [0.1, 0.15) is 40.4 Å². The highest BCUT2D eigenvalue weighted by Crippen LogP contribution is 2.34. The van der Waals surface area contributed by atoms with Crippen molar-refractivity contribution >= 4 is 11.8 Å². The molecule has 3 N–H and O–H groups in total. The molecule has 0 aromatic heterocycles. The maximum Gasteiger partial charge on any atom is 0.274 e. The van der Waals surface area contributed by atoms with Gasteiger partial charge in [-0.3, -0.25) is 14.8 Å². The molecular weight excluding hydrogens is 370 g/mol. The second-order valence-corrected chi connectivity index (χ2v) is 7.49. The fourth-order valence-electron chi connectivity index (χ4n) is 4.06. The Morgan fingerprint density at radius 3 is 2.59 bits per heavy atom. The molecule has 0 unspecified atom stereocenters. The first-order valence-corrected chi connectivity index (χ1v) is 9.93. The van der Waals surface area contributed by atoms with E-state index in [-0.39, 0.29) is 17.9 Å². The molecule has 0 saturated carbocycles. The minimum absolute atomic E-state index is 0.00320. The number of ether oxygens (including phenoxy) is 1. The first-order valence-electron chi connectivity index (χ1n) is 9.93. The molecule has 1 fully saturated rings. The van der Waals surface area contributed by atoms with Gasteiger partial charge in [0.25, 0.3) is 5.91 Å². The number of nitrogens with zero attached hydrogens (tertiary/aromatic N) is 1. The van der Waals surface area contributed by atoms with E-state index in [2.05, 4.69) is 5.32 Å². The van der Waals surface area contributed by atoms with Crippen LogP contribution < -0.4 is 15.5 Å². The van der Waals surface area contributed by atoms with Gasteiger partial charge in [-0.1, -0.05) is 36.4 Å². The van der Waals surface area contributed by atoms with Crippen molar-refractivity contribution in [2.24, 2.45) is 5.92 Å². The third kappa shape index (κ3) is 4.11. The third-order valence-corrected chi connectivity index (χ3v) is 5.70. The van der Waals surface area contributed by atoms with Gasteiger partial charge in [0.15, 0.2) is 0 Å². The number of nitrogens with one attached hydrogen (secondary N) is 2. The molecule has 0 bridgehead atoms. The summed E-state index contributed by atoms with van der Waals surface area (Å²) in [6.07, 6.45) is 1.67. The summed E-state index contributed by atoms with van der Waals surface area (Å²) >= 11 is 0. The van der Waals surface area contributed by atoms with Gasteiger partial charge in [0, 0.05) is 17.0 Å². The SMILES string of the molecule is O=C(NO)c1ccc2c(c1)OC[C@@H](c1ccccc1)N(C(=O)C1CCNCC1)C2. The zero-order valence-corrected chi connectivity index (χ0v) is 16.1. The Bertz CT molecular complexity index is 881. The van der Waals surface area contributed by atoms with Crippen molar-refractivity contribution in [2.45, 2.75) is 25.4 Å². The maximum absolute atomic E-state index is 13.5. The van der Waals surface area contributed by atoms with Crippen molar-refractivity contribution < 1.29 is 19.5 Å². The van der Waals surface area contributed by atoms with Crippen molar-refractivity contribution in [3.05, 3.63) is 65.2 Å². The fourth-order valence-corrected chi connectivity index (χ4v) is 4.06. The Hall–Kier alpha value is -2.90. The Labute approximate surface area is 169 Å². The van der Waals surface area contributed by atoms with Gasteiger partial charge in [-0.25, -0.2) is 5.48 Å². The van der Waals surface area contributed by atoms with Crippen LogP contribution in [0.5, 0.6) is 5.75 Å². The predicted octanol–water partition coefficient (Wildman–Crippen LogP) is 2.27. The molecule has 2 aromatic rings. The van der Waals surface area contributed by atoms with Crippen LogP contribution in [-0.2, 0) is 11.3 Å². The van der Waals surface area contributed by atoms with Gasteiger partial charge in [0.05, 0.1) is 12.6 Å². The van der Waals surface area contributed by atoms with Crippen molar-refractivity contribution in [3.63, 3.8) is 0 Å². The molecular formula is C22H25N3O4. The van der Waals surface area contributed by atoms with E-state index in [0.717, 1.165) is 37.1 Å². The number of hydrogen-bond acceptors (Lipinski definition) is 5. The van der Waals surface area contributed by atoms with Crippen LogP contribution in [0, 0.1) is 5.92 Å².